The van der Waals surface area contributed by atoms with Crippen molar-refractivity contribution in [1.82, 2.24) is 9.80 Å². The first-order valence-electron chi connectivity index (χ1n) is 7.20. The Kier molecular flexibility index (Phi) is 6.16. The summed E-state index contributed by atoms with van der Waals surface area (Å²) in [4.78, 5) is 27.9. The molecule has 2 amide bonds. The Bertz CT molecular complexity index is 288. The molecule has 0 bridgehead atoms. The van der Waals surface area contributed by atoms with Gasteiger partial charge in [-0.25, -0.2) is 0 Å². The lowest BCUT2D eigenvalue weighted by atomic mass is 9.96. The summed E-state index contributed by atoms with van der Waals surface area (Å²) in [5.74, 6) is 0.433. The molecule has 0 aromatic heterocycles. The van der Waals surface area contributed by atoms with Gasteiger partial charge in [0.2, 0.25) is 11.8 Å². The summed E-state index contributed by atoms with van der Waals surface area (Å²) < 4.78 is 0. The van der Waals surface area contributed by atoms with Gasteiger partial charge in [0.25, 0.3) is 0 Å². The fourth-order valence-electron chi connectivity index (χ4n) is 2.57. The number of amides is 2. The molecular formula is C14H26N2O2. The van der Waals surface area contributed by atoms with Crippen LogP contribution in [0.15, 0.2) is 0 Å². The molecule has 4 heteroatoms. The maximum Gasteiger partial charge on any atom is 0.227 e. The first-order chi connectivity index (χ1) is 8.63. The van der Waals surface area contributed by atoms with Gasteiger partial charge in [-0.1, -0.05) is 6.92 Å². The Hall–Kier alpha value is -1.06. The van der Waals surface area contributed by atoms with Crippen LogP contribution < -0.4 is 0 Å². The molecule has 1 saturated heterocycles. The fourth-order valence-corrected chi connectivity index (χ4v) is 2.57. The molecule has 1 aliphatic rings. The predicted octanol–water partition coefficient (Wildman–Crippen LogP) is 1.89. The summed E-state index contributed by atoms with van der Waals surface area (Å²) >= 11 is 0. The Morgan fingerprint density at radius 1 is 1.22 bits per heavy atom. The van der Waals surface area contributed by atoms with Gasteiger partial charge >= 0.3 is 0 Å². The summed E-state index contributed by atoms with van der Waals surface area (Å²) in [5, 5.41) is 0. The van der Waals surface area contributed by atoms with Crippen molar-refractivity contribution in [3.8, 4) is 0 Å². The van der Waals surface area contributed by atoms with Crippen LogP contribution in [0.25, 0.3) is 0 Å². The highest BCUT2D eigenvalue weighted by atomic mass is 16.2. The third-order valence-corrected chi connectivity index (χ3v) is 3.66. The van der Waals surface area contributed by atoms with Crippen LogP contribution in [0.3, 0.4) is 0 Å². The maximum atomic E-state index is 12.3. The van der Waals surface area contributed by atoms with Crippen molar-refractivity contribution < 1.29 is 9.59 Å². The van der Waals surface area contributed by atoms with Gasteiger partial charge in [0.1, 0.15) is 0 Å². The molecule has 0 aliphatic carbocycles. The number of carbonyl (C=O) groups is 2. The Labute approximate surface area is 110 Å². The number of hydrogen-bond acceptors (Lipinski definition) is 2. The summed E-state index contributed by atoms with van der Waals surface area (Å²) in [6.45, 7) is 8.98. The molecule has 4 nitrogen and oxygen atoms in total. The molecule has 104 valence electrons. The first-order valence-corrected chi connectivity index (χ1v) is 7.20. The number of likely N-dealkylation sites (tertiary alicyclic amines) is 1. The van der Waals surface area contributed by atoms with E-state index < -0.39 is 0 Å². The van der Waals surface area contributed by atoms with Gasteiger partial charge in [0.05, 0.1) is 5.92 Å². The number of rotatable bonds is 5. The number of carbonyl (C=O) groups excluding carboxylic acids is 2. The largest absolute Gasteiger partial charge is 0.343 e. The van der Waals surface area contributed by atoms with E-state index in [1.807, 2.05) is 30.6 Å². The van der Waals surface area contributed by atoms with E-state index in [0.717, 1.165) is 38.9 Å². The third-order valence-electron chi connectivity index (χ3n) is 3.66. The van der Waals surface area contributed by atoms with Crippen molar-refractivity contribution in [3.63, 3.8) is 0 Å². The zero-order valence-electron chi connectivity index (χ0n) is 11.9. The van der Waals surface area contributed by atoms with Gasteiger partial charge in [0, 0.05) is 32.6 Å². The van der Waals surface area contributed by atoms with Gasteiger partial charge in [-0.2, -0.15) is 0 Å². The van der Waals surface area contributed by atoms with Crippen LogP contribution in [-0.4, -0.2) is 47.8 Å². The molecule has 0 N–H and O–H groups in total. The predicted molar refractivity (Wildman–Crippen MR) is 72.1 cm³/mol. The maximum absolute atomic E-state index is 12.3. The Balaban J connectivity index is 2.57. The van der Waals surface area contributed by atoms with Gasteiger partial charge < -0.3 is 9.80 Å². The molecular weight excluding hydrogens is 228 g/mol. The molecule has 1 unspecified atom stereocenters. The topological polar surface area (TPSA) is 40.6 Å². The summed E-state index contributed by atoms with van der Waals surface area (Å²) in [7, 11) is 0. The molecule has 0 aromatic carbocycles. The highest BCUT2D eigenvalue weighted by molar-refractivity contribution is 5.81. The quantitative estimate of drug-likeness (QED) is 0.752. The molecule has 0 saturated carbocycles. The minimum Gasteiger partial charge on any atom is -0.343 e. The van der Waals surface area contributed by atoms with Gasteiger partial charge in [-0.15, -0.1) is 0 Å². The molecule has 1 aliphatic heterocycles. The van der Waals surface area contributed by atoms with E-state index in [9.17, 15) is 9.59 Å². The lowest BCUT2D eigenvalue weighted by Crippen LogP contribution is -2.46. The average Bonchev–Trinajstić information content (AvgIpc) is 2.40. The van der Waals surface area contributed by atoms with E-state index >= 15 is 0 Å². The standard InChI is InChI=1S/C14H26N2O2/c1-4-8-13(17)16-10-7-9-12(11-16)14(18)15(5-2)6-3/h12H,4-11H2,1-3H3. The second-order valence-electron chi connectivity index (χ2n) is 4.94. The third kappa shape index (κ3) is 3.72. The zero-order chi connectivity index (χ0) is 13.5. The van der Waals surface area contributed by atoms with Crippen molar-refractivity contribution in [2.24, 2.45) is 5.92 Å². The van der Waals surface area contributed by atoms with Crippen LogP contribution in [0.1, 0.15) is 46.5 Å². The molecule has 0 aromatic rings. The van der Waals surface area contributed by atoms with E-state index in [4.69, 9.17) is 0 Å². The van der Waals surface area contributed by atoms with Crippen LogP contribution >= 0.6 is 0 Å². The molecule has 1 heterocycles. The fraction of sp³-hybridized carbons (Fsp3) is 0.857. The molecule has 1 fully saturated rings. The van der Waals surface area contributed by atoms with Gasteiger partial charge in [0.15, 0.2) is 0 Å². The highest BCUT2D eigenvalue weighted by Crippen LogP contribution is 2.19. The average molecular weight is 254 g/mol. The highest BCUT2D eigenvalue weighted by Gasteiger charge is 2.29. The summed E-state index contributed by atoms with van der Waals surface area (Å²) in [5.41, 5.74) is 0. The van der Waals surface area contributed by atoms with Crippen LogP contribution in [0, 0.1) is 5.92 Å². The van der Waals surface area contributed by atoms with Crippen molar-refractivity contribution >= 4 is 11.8 Å². The van der Waals surface area contributed by atoms with Crippen LogP contribution in [0.5, 0.6) is 0 Å². The van der Waals surface area contributed by atoms with Crippen molar-refractivity contribution in [2.45, 2.75) is 46.5 Å². The smallest absolute Gasteiger partial charge is 0.227 e. The lowest BCUT2D eigenvalue weighted by molar-refractivity contribution is -0.140. The van der Waals surface area contributed by atoms with Crippen molar-refractivity contribution in [1.29, 1.82) is 0 Å². The number of nitrogens with zero attached hydrogens (tertiary/aromatic N) is 2. The van der Waals surface area contributed by atoms with Gasteiger partial charge in [-0.05, 0) is 33.1 Å². The molecule has 1 atom stereocenters. The Morgan fingerprint density at radius 2 is 1.89 bits per heavy atom. The second kappa shape index (κ2) is 7.39. The minimum atomic E-state index is 0.0134. The van der Waals surface area contributed by atoms with Gasteiger partial charge in [-0.3, -0.25) is 9.59 Å². The Morgan fingerprint density at radius 3 is 2.44 bits per heavy atom. The van der Waals surface area contributed by atoms with Crippen LogP contribution in [0.4, 0.5) is 0 Å². The monoisotopic (exact) mass is 254 g/mol. The van der Waals surface area contributed by atoms with Crippen LogP contribution in [0.2, 0.25) is 0 Å². The summed E-state index contributed by atoms with van der Waals surface area (Å²) in [6.07, 6.45) is 3.36. The second-order valence-corrected chi connectivity index (χ2v) is 4.94. The number of hydrogen-bond donors (Lipinski definition) is 0. The van der Waals surface area contributed by atoms with Crippen molar-refractivity contribution in [2.75, 3.05) is 26.2 Å². The van der Waals surface area contributed by atoms with E-state index in [-0.39, 0.29) is 17.7 Å². The minimum absolute atomic E-state index is 0.0134. The molecule has 0 radical (unpaired) electrons. The lowest BCUT2D eigenvalue weighted by Gasteiger charge is -2.34. The van der Waals surface area contributed by atoms with E-state index in [0.29, 0.717) is 13.0 Å². The molecule has 18 heavy (non-hydrogen) atoms. The first kappa shape index (κ1) is 15.0. The van der Waals surface area contributed by atoms with E-state index in [1.54, 1.807) is 0 Å². The zero-order valence-corrected chi connectivity index (χ0v) is 11.9. The SMILES string of the molecule is CCCC(=O)N1CCCC(C(=O)N(CC)CC)C1. The molecule has 1 rings (SSSR count). The number of piperidine rings is 1. The van der Waals surface area contributed by atoms with E-state index in [1.165, 1.54) is 0 Å². The van der Waals surface area contributed by atoms with Crippen LogP contribution in [-0.2, 0) is 9.59 Å². The van der Waals surface area contributed by atoms with E-state index in [2.05, 4.69) is 0 Å². The summed E-state index contributed by atoms with van der Waals surface area (Å²) in [6, 6.07) is 0. The van der Waals surface area contributed by atoms with Crippen molar-refractivity contribution in [3.05, 3.63) is 0 Å². The molecule has 0 spiro atoms. The normalized spacial score (nSPS) is 19.7.